The summed E-state index contributed by atoms with van der Waals surface area (Å²) in [6, 6.07) is 14.0. The van der Waals surface area contributed by atoms with Crippen molar-refractivity contribution in [2.45, 2.75) is 25.9 Å². The SMILES string of the molecule is CC(C)(O)C#Cc1cccc(C(=O)NCCc2nc3ccccc3c(=O)[nH]2)c1. The highest BCUT2D eigenvalue weighted by Gasteiger charge is 2.08. The van der Waals surface area contributed by atoms with Gasteiger partial charge in [-0.15, -0.1) is 0 Å². The maximum absolute atomic E-state index is 12.4. The van der Waals surface area contributed by atoms with E-state index >= 15 is 0 Å². The number of nitrogens with one attached hydrogen (secondary N) is 2. The van der Waals surface area contributed by atoms with Gasteiger partial charge in [-0.1, -0.05) is 30.0 Å². The largest absolute Gasteiger partial charge is 0.378 e. The van der Waals surface area contributed by atoms with Gasteiger partial charge in [0.1, 0.15) is 11.4 Å². The quantitative estimate of drug-likeness (QED) is 0.608. The summed E-state index contributed by atoms with van der Waals surface area (Å²) in [5.74, 6) is 5.86. The van der Waals surface area contributed by atoms with Crippen LogP contribution in [0.5, 0.6) is 0 Å². The van der Waals surface area contributed by atoms with E-state index in [4.69, 9.17) is 0 Å². The van der Waals surface area contributed by atoms with Crippen molar-refractivity contribution in [2.75, 3.05) is 6.54 Å². The van der Waals surface area contributed by atoms with E-state index in [1.807, 2.05) is 6.07 Å². The summed E-state index contributed by atoms with van der Waals surface area (Å²) in [6.07, 6.45) is 0.407. The van der Waals surface area contributed by atoms with Gasteiger partial charge >= 0.3 is 0 Å². The molecule has 6 nitrogen and oxygen atoms in total. The van der Waals surface area contributed by atoms with Crippen molar-refractivity contribution >= 4 is 16.8 Å². The predicted molar refractivity (Wildman–Crippen MR) is 108 cm³/mol. The zero-order chi connectivity index (χ0) is 20.1. The molecule has 1 heterocycles. The Balaban J connectivity index is 1.65. The average Bonchev–Trinajstić information content (AvgIpc) is 2.66. The van der Waals surface area contributed by atoms with E-state index in [-0.39, 0.29) is 11.5 Å². The second-order valence-corrected chi connectivity index (χ2v) is 6.93. The summed E-state index contributed by atoms with van der Waals surface area (Å²) >= 11 is 0. The molecule has 0 aliphatic heterocycles. The Morgan fingerprint density at radius 1 is 1.21 bits per heavy atom. The molecular formula is C22H21N3O3. The van der Waals surface area contributed by atoms with Crippen molar-refractivity contribution in [3.8, 4) is 11.8 Å². The van der Waals surface area contributed by atoms with E-state index in [0.717, 1.165) is 0 Å². The first kappa shape index (κ1) is 19.3. The first-order valence-corrected chi connectivity index (χ1v) is 8.93. The monoisotopic (exact) mass is 375 g/mol. The highest BCUT2D eigenvalue weighted by atomic mass is 16.3. The molecule has 3 N–H and O–H groups in total. The van der Waals surface area contributed by atoms with E-state index in [9.17, 15) is 14.7 Å². The Morgan fingerprint density at radius 3 is 2.79 bits per heavy atom. The number of rotatable bonds is 4. The molecule has 0 unspecified atom stereocenters. The Kier molecular flexibility index (Phi) is 5.57. The standard InChI is InChI=1S/C22H21N3O3/c1-22(2,28)12-10-15-6-5-7-16(14-15)20(26)23-13-11-19-24-18-9-4-3-8-17(18)21(27)25-19/h3-9,14,28H,11,13H2,1-2H3,(H,23,26)(H,24,25,27). The molecule has 3 aromatic rings. The van der Waals surface area contributed by atoms with E-state index < -0.39 is 5.60 Å². The van der Waals surface area contributed by atoms with Crippen LogP contribution in [0, 0.1) is 11.8 Å². The molecule has 142 valence electrons. The number of aliphatic hydroxyl groups is 1. The van der Waals surface area contributed by atoms with Gasteiger partial charge in [-0.05, 0) is 44.2 Å². The first-order valence-electron chi connectivity index (χ1n) is 8.93. The average molecular weight is 375 g/mol. The van der Waals surface area contributed by atoms with Crippen molar-refractivity contribution in [2.24, 2.45) is 0 Å². The van der Waals surface area contributed by atoms with E-state index in [1.165, 1.54) is 0 Å². The molecule has 6 heteroatoms. The molecular weight excluding hydrogens is 354 g/mol. The maximum Gasteiger partial charge on any atom is 0.258 e. The second-order valence-electron chi connectivity index (χ2n) is 6.93. The van der Waals surface area contributed by atoms with E-state index in [0.29, 0.717) is 40.8 Å². The van der Waals surface area contributed by atoms with E-state index in [2.05, 4.69) is 27.1 Å². The minimum absolute atomic E-state index is 0.190. The van der Waals surface area contributed by atoms with Crippen molar-refractivity contribution in [1.82, 2.24) is 15.3 Å². The summed E-state index contributed by atoms with van der Waals surface area (Å²) in [5.41, 5.74) is 0.468. The first-order chi connectivity index (χ1) is 13.3. The normalized spacial score (nSPS) is 11.0. The van der Waals surface area contributed by atoms with Crippen molar-refractivity contribution in [1.29, 1.82) is 0 Å². The Labute approximate surface area is 162 Å². The lowest BCUT2D eigenvalue weighted by molar-refractivity contribution is 0.0954. The molecule has 0 bridgehead atoms. The summed E-state index contributed by atoms with van der Waals surface area (Å²) in [6.45, 7) is 3.53. The molecule has 1 aromatic heterocycles. The number of aromatic amines is 1. The fourth-order valence-electron chi connectivity index (χ4n) is 2.61. The van der Waals surface area contributed by atoms with Gasteiger partial charge < -0.3 is 15.4 Å². The van der Waals surface area contributed by atoms with Crippen LogP contribution < -0.4 is 10.9 Å². The van der Waals surface area contributed by atoms with Crippen molar-refractivity contribution in [3.63, 3.8) is 0 Å². The van der Waals surface area contributed by atoms with Gasteiger partial charge in [0.25, 0.3) is 11.5 Å². The number of carbonyl (C=O) groups excluding carboxylic acids is 1. The molecule has 0 atom stereocenters. The summed E-state index contributed by atoms with van der Waals surface area (Å²) in [4.78, 5) is 31.6. The molecule has 2 aromatic carbocycles. The molecule has 28 heavy (non-hydrogen) atoms. The number of carbonyl (C=O) groups is 1. The zero-order valence-electron chi connectivity index (χ0n) is 15.7. The van der Waals surface area contributed by atoms with Crippen LogP contribution in [-0.2, 0) is 6.42 Å². The highest BCUT2D eigenvalue weighted by Crippen LogP contribution is 2.07. The minimum atomic E-state index is -1.10. The fourth-order valence-corrected chi connectivity index (χ4v) is 2.61. The van der Waals surface area contributed by atoms with Gasteiger partial charge in [-0.3, -0.25) is 9.59 Å². The molecule has 0 saturated heterocycles. The molecule has 0 radical (unpaired) electrons. The lowest BCUT2D eigenvalue weighted by atomic mass is 10.1. The third-order valence-electron chi connectivity index (χ3n) is 3.95. The van der Waals surface area contributed by atoms with Gasteiger partial charge in [0.15, 0.2) is 0 Å². The highest BCUT2D eigenvalue weighted by molar-refractivity contribution is 5.94. The third kappa shape index (κ3) is 5.06. The van der Waals surface area contributed by atoms with Crippen molar-refractivity contribution < 1.29 is 9.90 Å². The Morgan fingerprint density at radius 2 is 2.00 bits per heavy atom. The number of aromatic nitrogens is 2. The molecule has 0 saturated carbocycles. The van der Waals surface area contributed by atoms with Crippen LogP contribution >= 0.6 is 0 Å². The zero-order valence-corrected chi connectivity index (χ0v) is 15.7. The molecule has 1 amide bonds. The van der Waals surface area contributed by atoms with Crippen LogP contribution in [-0.4, -0.2) is 33.1 Å². The molecule has 0 aliphatic carbocycles. The Hall–Kier alpha value is -3.43. The fraction of sp³-hybridized carbons (Fsp3) is 0.227. The third-order valence-corrected chi connectivity index (χ3v) is 3.95. The number of fused-ring (bicyclic) bond motifs is 1. The van der Waals surface area contributed by atoms with Crippen LogP contribution in [0.1, 0.15) is 35.6 Å². The van der Waals surface area contributed by atoms with Crippen LogP contribution in [0.4, 0.5) is 0 Å². The topological polar surface area (TPSA) is 95.1 Å². The Bertz CT molecular complexity index is 1130. The number of nitrogens with zero attached hydrogens (tertiary/aromatic N) is 1. The number of hydrogen-bond donors (Lipinski definition) is 3. The van der Waals surface area contributed by atoms with Gasteiger partial charge in [0.2, 0.25) is 0 Å². The van der Waals surface area contributed by atoms with Crippen LogP contribution in [0.2, 0.25) is 0 Å². The predicted octanol–water partition coefficient (Wildman–Crippen LogP) is 2.02. The van der Waals surface area contributed by atoms with Gasteiger partial charge in [0.05, 0.1) is 10.9 Å². The number of hydrogen-bond acceptors (Lipinski definition) is 4. The number of amides is 1. The lowest BCUT2D eigenvalue weighted by Crippen LogP contribution is -2.27. The van der Waals surface area contributed by atoms with Crippen molar-refractivity contribution in [3.05, 3.63) is 75.8 Å². The molecule has 0 aliphatic rings. The van der Waals surface area contributed by atoms with Gasteiger partial charge in [-0.2, -0.15) is 0 Å². The summed E-state index contributed by atoms with van der Waals surface area (Å²) in [5, 5.41) is 13.0. The van der Waals surface area contributed by atoms with Gasteiger partial charge in [0, 0.05) is 24.1 Å². The number of para-hydroxylation sites is 1. The van der Waals surface area contributed by atoms with E-state index in [1.54, 1.807) is 56.3 Å². The smallest absolute Gasteiger partial charge is 0.258 e. The van der Waals surface area contributed by atoms with Crippen LogP contribution in [0.25, 0.3) is 10.9 Å². The molecule has 0 spiro atoms. The number of H-pyrrole nitrogens is 1. The molecule has 0 fully saturated rings. The molecule has 3 rings (SSSR count). The summed E-state index contributed by atoms with van der Waals surface area (Å²) in [7, 11) is 0. The second kappa shape index (κ2) is 8.07. The van der Waals surface area contributed by atoms with Crippen LogP contribution in [0.3, 0.4) is 0 Å². The van der Waals surface area contributed by atoms with Gasteiger partial charge in [-0.25, -0.2) is 4.98 Å². The number of benzene rings is 2. The minimum Gasteiger partial charge on any atom is -0.378 e. The summed E-state index contributed by atoms with van der Waals surface area (Å²) < 4.78 is 0. The van der Waals surface area contributed by atoms with Crippen LogP contribution in [0.15, 0.2) is 53.3 Å². The maximum atomic E-state index is 12.4. The lowest BCUT2D eigenvalue weighted by Gasteiger charge is -2.07.